The zero-order chi connectivity index (χ0) is 11.5. The van der Waals surface area contributed by atoms with Crippen molar-refractivity contribution in [2.75, 3.05) is 6.54 Å². The molecule has 0 saturated heterocycles. The fraction of sp³-hybridized carbons (Fsp3) is 0.333. The molecule has 0 aliphatic carbocycles. The molecular formula is C12H15N3O. The Morgan fingerprint density at radius 1 is 1.25 bits per heavy atom. The van der Waals surface area contributed by atoms with Crippen molar-refractivity contribution in [3.63, 3.8) is 0 Å². The minimum atomic E-state index is 0.522. The van der Waals surface area contributed by atoms with Crippen LogP contribution in [0.1, 0.15) is 17.0 Å². The van der Waals surface area contributed by atoms with Crippen LogP contribution >= 0.6 is 0 Å². The number of benzene rings is 1. The average molecular weight is 217 g/mol. The molecule has 0 aliphatic heterocycles. The molecule has 2 aromatic rings. The Balaban J connectivity index is 2.31. The molecule has 84 valence electrons. The quantitative estimate of drug-likeness (QED) is 0.852. The smallest absolute Gasteiger partial charge is 0.228 e. The summed E-state index contributed by atoms with van der Waals surface area (Å²) in [5, 5.41) is 3.93. The van der Waals surface area contributed by atoms with Gasteiger partial charge in [-0.3, -0.25) is 0 Å². The van der Waals surface area contributed by atoms with Crippen LogP contribution in [0.25, 0.3) is 11.4 Å². The molecule has 0 saturated carbocycles. The van der Waals surface area contributed by atoms with Gasteiger partial charge >= 0.3 is 0 Å². The number of hydrogen-bond donors (Lipinski definition) is 1. The lowest BCUT2D eigenvalue weighted by atomic mass is 10.1. The van der Waals surface area contributed by atoms with Gasteiger partial charge in [0.05, 0.1) is 0 Å². The summed E-state index contributed by atoms with van der Waals surface area (Å²) >= 11 is 0. The molecule has 1 aromatic carbocycles. The molecule has 2 rings (SSSR count). The van der Waals surface area contributed by atoms with Crippen molar-refractivity contribution in [1.82, 2.24) is 10.1 Å². The van der Waals surface area contributed by atoms with Crippen molar-refractivity contribution >= 4 is 0 Å². The highest BCUT2D eigenvalue weighted by Gasteiger charge is 2.08. The van der Waals surface area contributed by atoms with Gasteiger partial charge in [-0.1, -0.05) is 17.3 Å². The molecule has 1 heterocycles. The van der Waals surface area contributed by atoms with E-state index < -0.39 is 0 Å². The van der Waals surface area contributed by atoms with Crippen LogP contribution in [-0.4, -0.2) is 16.7 Å². The van der Waals surface area contributed by atoms with E-state index in [-0.39, 0.29) is 0 Å². The fourth-order valence-corrected chi connectivity index (χ4v) is 1.48. The molecule has 0 atom stereocenters. The molecule has 0 spiro atoms. The van der Waals surface area contributed by atoms with Crippen molar-refractivity contribution in [3.8, 4) is 11.4 Å². The van der Waals surface area contributed by atoms with Crippen molar-refractivity contribution in [2.24, 2.45) is 5.73 Å². The molecule has 4 nitrogen and oxygen atoms in total. The first kappa shape index (κ1) is 10.8. The monoisotopic (exact) mass is 217 g/mol. The van der Waals surface area contributed by atoms with E-state index in [0.29, 0.717) is 24.7 Å². The Morgan fingerprint density at radius 2 is 2.06 bits per heavy atom. The molecule has 0 bridgehead atoms. The molecule has 0 radical (unpaired) electrons. The standard InChI is InChI=1S/C12H15N3O/c1-8-3-4-10(7-9(8)2)12-14-11(5-6-13)16-15-12/h3-4,7H,5-6,13H2,1-2H3. The summed E-state index contributed by atoms with van der Waals surface area (Å²) in [7, 11) is 0. The van der Waals surface area contributed by atoms with E-state index in [4.69, 9.17) is 10.3 Å². The van der Waals surface area contributed by atoms with Crippen LogP contribution in [0.3, 0.4) is 0 Å². The van der Waals surface area contributed by atoms with Gasteiger partial charge in [-0.25, -0.2) is 0 Å². The predicted molar refractivity (Wildman–Crippen MR) is 62.0 cm³/mol. The molecule has 0 unspecified atom stereocenters. The first-order valence-electron chi connectivity index (χ1n) is 5.31. The van der Waals surface area contributed by atoms with E-state index >= 15 is 0 Å². The third-order valence-corrected chi connectivity index (χ3v) is 2.59. The van der Waals surface area contributed by atoms with Gasteiger partial charge in [-0.05, 0) is 31.0 Å². The summed E-state index contributed by atoms with van der Waals surface area (Å²) in [6.45, 7) is 4.67. The number of nitrogens with zero attached hydrogens (tertiary/aromatic N) is 2. The van der Waals surface area contributed by atoms with Crippen molar-refractivity contribution < 1.29 is 4.52 Å². The largest absolute Gasteiger partial charge is 0.339 e. The van der Waals surface area contributed by atoms with E-state index in [2.05, 4.69) is 36.1 Å². The molecule has 1 aromatic heterocycles. The molecule has 0 fully saturated rings. The molecule has 0 amide bonds. The van der Waals surface area contributed by atoms with Crippen LogP contribution in [0.5, 0.6) is 0 Å². The van der Waals surface area contributed by atoms with Crippen LogP contribution in [0.2, 0.25) is 0 Å². The molecular weight excluding hydrogens is 202 g/mol. The topological polar surface area (TPSA) is 64.9 Å². The number of aryl methyl sites for hydroxylation is 2. The van der Waals surface area contributed by atoms with Gasteiger partial charge in [0.1, 0.15) is 0 Å². The van der Waals surface area contributed by atoms with Gasteiger partial charge in [0.15, 0.2) is 0 Å². The second kappa shape index (κ2) is 4.45. The van der Waals surface area contributed by atoms with Crippen LogP contribution in [-0.2, 0) is 6.42 Å². The Kier molecular flexibility index (Phi) is 3.01. The van der Waals surface area contributed by atoms with E-state index in [1.807, 2.05) is 6.07 Å². The normalized spacial score (nSPS) is 10.7. The van der Waals surface area contributed by atoms with E-state index in [0.717, 1.165) is 5.56 Å². The van der Waals surface area contributed by atoms with Gasteiger partial charge in [0, 0.05) is 18.5 Å². The summed E-state index contributed by atoms with van der Waals surface area (Å²) in [5.74, 6) is 1.22. The van der Waals surface area contributed by atoms with Gasteiger partial charge in [0.2, 0.25) is 11.7 Å². The van der Waals surface area contributed by atoms with Gasteiger partial charge < -0.3 is 10.3 Å². The second-order valence-electron chi connectivity index (χ2n) is 3.85. The highest BCUT2D eigenvalue weighted by Crippen LogP contribution is 2.19. The van der Waals surface area contributed by atoms with Crippen molar-refractivity contribution in [1.29, 1.82) is 0 Å². The maximum atomic E-state index is 5.42. The lowest BCUT2D eigenvalue weighted by Crippen LogP contribution is -2.02. The Labute approximate surface area is 94.5 Å². The SMILES string of the molecule is Cc1ccc(-c2noc(CCN)n2)cc1C. The average Bonchev–Trinajstić information content (AvgIpc) is 2.71. The first-order valence-corrected chi connectivity index (χ1v) is 5.31. The fourth-order valence-electron chi connectivity index (χ4n) is 1.48. The Hall–Kier alpha value is -1.68. The van der Waals surface area contributed by atoms with E-state index in [1.165, 1.54) is 11.1 Å². The number of aromatic nitrogens is 2. The minimum absolute atomic E-state index is 0.522. The second-order valence-corrected chi connectivity index (χ2v) is 3.85. The maximum Gasteiger partial charge on any atom is 0.228 e. The van der Waals surface area contributed by atoms with E-state index in [9.17, 15) is 0 Å². The summed E-state index contributed by atoms with van der Waals surface area (Å²) in [6, 6.07) is 6.12. The highest BCUT2D eigenvalue weighted by atomic mass is 16.5. The third kappa shape index (κ3) is 2.12. The van der Waals surface area contributed by atoms with Crippen molar-refractivity contribution in [3.05, 3.63) is 35.2 Å². The van der Waals surface area contributed by atoms with Crippen LogP contribution in [0.4, 0.5) is 0 Å². The molecule has 4 heteroatoms. The van der Waals surface area contributed by atoms with Crippen LogP contribution in [0, 0.1) is 13.8 Å². The summed E-state index contributed by atoms with van der Waals surface area (Å²) < 4.78 is 5.09. The number of hydrogen-bond acceptors (Lipinski definition) is 4. The number of nitrogens with two attached hydrogens (primary N) is 1. The van der Waals surface area contributed by atoms with Gasteiger partial charge in [-0.2, -0.15) is 4.98 Å². The highest BCUT2D eigenvalue weighted by molar-refractivity contribution is 5.56. The summed E-state index contributed by atoms with van der Waals surface area (Å²) in [5.41, 5.74) is 8.89. The first-order chi connectivity index (χ1) is 7.70. The lowest BCUT2D eigenvalue weighted by Gasteiger charge is -2.00. The molecule has 2 N–H and O–H groups in total. The zero-order valence-electron chi connectivity index (χ0n) is 9.53. The molecule has 0 aliphatic rings. The van der Waals surface area contributed by atoms with Crippen molar-refractivity contribution in [2.45, 2.75) is 20.3 Å². The summed E-state index contributed by atoms with van der Waals surface area (Å²) in [4.78, 5) is 4.28. The van der Waals surface area contributed by atoms with E-state index in [1.54, 1.807) is 0 Å². The lowest BCUT2D eigenvalue weighted by molar-refractivity contribution is 0.380. The molecule has 16 heavy (non-hydrogen) atoms. The predicted octanol–water partition coefficient (Wildman–Crippen LogP) is 1.85. The zero-order valence-corrected chi connectivity index (χ0v) is 9.53. The Morgan fingerprint density at radius 3 is 2.75 bits per heavy atom. The van der Waals surface area contributed by atoms with Gasteiger partial charge in [-0.15, -0.1) is 0 Å². The number of rotatable bonds is 3. The Bertz CT molecular complexity index is 491. The minimum Gasteiger partial charge on any atom is -0.339 e. The summed E-state index contributed by atoms with van der Waals surface area (Å²) in [6.07, 6.45) is 0.623. The van der Waals surface area contributed by atoms with Crippen LogP contribution in [0.15, 0.2) is 22.7 Å². The van der Waals surface area contributed by atoms with Crippen LogP contribution < -0.4 is 5.73 Å². The maximum absolute atomic E-state index is 5.42. The van der Waals surface area contributed by atoms with Gasteiger partial charge in [0.25, 0.3) is 0 Å². The third-order valence-electron chi connectivity index (χ3n) is 2.59.